The number of anilines is 1. The van der Waals surface area contributed by atoms with E-state index in [1.54, 1.807) is 23.9 Å². The monoisotopic (exact) mass is 246 g/mol. The number of aromatic nitrogens is 2. The minimum absolute atomic E-state index is 0.00755. The van der Waals surface area contributed by atoms with Gasteiger partial charge in [0.05, 0.1) is 11.3 Å². The fourth-order valence-corrected chi connectivity index (χ4v) is 1.49. The summed E-state index contributed by atoms with van der Waals surface area (Å²) in [5.74, 6) is -0.207. The smallest absolute Gasteiger partial charge is 0.282 e. The van der Waals surface area contributed by atoms with E-state index in [0.29, 0.717) is 5.82 Å². The molecule has 0 unspecified atom stereocenters. The summed E-state index contributed by atoms with van der Waals surface area (Å²) in [4.78, 5) is 26.0. The van der Waals surface area contributed by atoms with E-state index in [0.717, 1.165) is 0 Å². The topological polar surface area (TPSA) is 90.1 Å². The molecule has 1 N–H and O–H groups in total. The number of rotatable bonds is 3. The fourth-order valence-electron chi connectivity index (χ4n) is 1.49. The van der Waals surface area contributed by atoms with Crippen LogP contribution in [0.2, 0.25) is 0 Å². The first kappa shape index (κ1) is 11.8. The molecule has 0 spiro atoms. The number of nitrogens with zero attached hydrogens (tertiary/aromatic N) is 3. The van der Waals surface area contributed by atoms with E-state index < -0.39 is 10.8 Å². The van der Waals surface area contributed by atoms with E-state index in [-0.39, 0.29) is 11.3 Å². The standard InChI is InChI=1S/C11H10N4O3/c1-14-6-10(12-7-14)13-11(16)8-4-2-3-5-9(8)15(17)18/h2-7H,1H3,(H,13,16). The summed E-state index contributed by atoms with van der Waals surface area (Å²) in [5.41, 5.74) is -0.223. The zero-order valence-corrected chi connectivity index (χ0v) is 9.53. The molecule has 0 saturated heterocycles. The first-order valence-electron chi connectivity index (χ1n) is 5.10. The second-order valence-electron chi connectivity index (χ2n) is 3.65. The summed E-state index contributed by atoms with van der Waals surface area (Å²) >= 11 is 0. The van der Waals surface area contributed by atoms with E-state index >= 15 is 0 Å². The van der Waals surface area contributed by atoms with Crippen LogP contribution < -0.4 is 5.32 Å². The third kappa shape index (κ3) is 2.34. The molecule has 1 heterocycles. The number of imidazole rings is 1. The molecule has 1 aromatic carbocycles. The summed E-state index contributed by atoms with van der Waals surface area (Å²) < 4.78 is 1.66. The third-order valence-electron chi connectivity index (χ3n) is 2.29. The van der Waals surface area contributed by atoms with Crippen molar-refractivity contribution in [2.24, 2.45) is 7.05 Å². The number of hydrogen-bond donors (Lipinski definition) is 1. The highest BCUT2D eigenvalue weighted by Gasteiger charge is 2.19. The lowest BCUT2D eigenvalue weighted by Crippen LogP contribution is -2.14. The van der Waals surface area contributed by atoms with Gasteiger partial charge in [0.15, 0.2) is 5.82 Å². The van der Waals surface area contributed by atoms with Crippen molar-refractivity contribution in [2.45, 2.75) is 0 Å². The average molecular weight is 246 g/mol. The maximum absolute atomic E-state index is 11.9. The molecule has 0 aliphatic rings. The average Bonchev–Trinajstić information content (AvgIpc) is 2.74. The number of carbonyl (C=O) groups excluding carboxylic acids is 1. The predicted molar refractivity (Wildman–Crippen MR) is 64.3 cm³/mol. The number of nitrogens with one attached hydrogen (secondary N) is 1. The summed E-state index contributed by atoms with van der Waals surface area (Å²) in [7, 11) is 1.76. The van der Waals surface area contributed by atoms with Crippen LogP contribution in [0.1, 0.15) is 10.4 Å². The van der Waals surface area contributed by atoms with E-state index in [9.17, 15) is 14.9 Å². The van der Waals surface area contributed by atoms with Crippen LogP contribution in [0.15, 0.2) is 36.8 Å². The van der Waals surface area contributed by atoms with Gasteiger partial charge in [-0.3, -0.25) is 14.9 Å². The molecule has 0 bridgehead atoms. The lowest BCUT2D eigenvalue weighted by Gasteiger charge is -2.02. The first-order valence-corrected chi connectivity index (χ1v) is 5.10. The largest absolute Gasteiger partial charge is 0.338 e. The molecule has 1 aromatic heterocycles. The van der Waals surface area contributed by atoms with E-state index in [4.69, 9.17) is 0 Å². The highest BCUT2D eigenvalue weighted by atomic mass is 16.6. The Kier molecular flexibility index (Phi) is 3.05. The molecule has 7 nitrogen and oxygen atoms in total. The number of para-hydroxylation sites is 1. The second-order valence-corrected chi connectivity index (χ2v) is 3.65. The van der Waals surface area contributed by atoms with E-state index in [2.05, 4.69) is 10.3 Å². The minimum Gasteiger partial charge on any atom is -0.338 e. The molecule has 1 amide bonds. The van der Waals surface area contributed by atoms with Gasteiger partial charge in [-0.15, -0.1) is 0 Å². The normalized spacial score (nSPS) is 10.1. The van der Waals surface area contributed by atoms with E-state index in [1.807, 2.05) is 0 Å². The third-order valence-corrected chi connectivity index (χ3v) is 2.29. The summed E-state index contributed by atoms with van der Waals surface area (Å²) in [6, 6.07) is 5.76. The zero-order valence-electron chi connectivity index (χ0n) is 9.53. The summed E-state index contributed by atoms with van der Waals surface area (Å²) in [6.07, 6.45) is 3.13. The van der Waals surface area contributed by atoms with Gasteiger partial charge in [0.25, 0.3) is 11.6 Å². The molecule has 2 rings (SSSR count). The number of hydrogen-bond acceptors (Lipinski definition) is 4. The predicted octanol–water partition coefficient (Wildman–Crippen LogP) is 1.58. The van der Waals surface area contributed by atoms with Gasteiger partial charge in [-0.1, -0.05) is 12.1 Å². The number of aryl methyl sites for hydroxylation is 1. The van der Waals surface area contributed by atoms with Crippen molar-refractivity contribution >= 4 is 17.4 Å². The summed E-state index contributed by atoms with van der Waals surface area (Å²) in [5, 5.41) is 13.3. The van der Waals surface area contributed by atoms with Crippen LogP contribution in [0.5, 0.6) is 0 Å². The molecule has 0 aliphatic carbocycles. The molecule has 92 valence electrons. The van der Waals surface area contributed by atoms with Crippen LogP contribution in [-0.4, -0.2) is 20.4 Å². The zero-order chi connectivity index (χ0) is 13.1. The highest BCUT2D eigenvalue weighted by molar-refractivity contribution is 6.06. The van der Waals surface area contributed by atoms with Gasteiger partial charge in [-0.2, -0.15) is 0 Å². The van der Waals surface area contributed by atoms with Gasteiger partial charge < -0.3 is 9.88 Å². The SMILES string of the molecule is Cn1cnc(NC(=O)c2ccccc2[N+](=O)[O-])c1. The number of amides is 1. The molecule has 0 aliphatic heterocycles. The molecular formula is C11H10N4O3. The number of nitro benzene ring substituents is 1. The van der Waals surface area contributed by atoms with Gasteiger partial charge in [-0.05, 0) is 6.07 Å². The molecule has 0 saturated carbocycles. The number of carbonyl (C=O) groups is 1. The quantitative estimate of drug-likeness (QED) is 0.657. The molecule has 18 heavy (non-hydrogen) atoms. The molecular weight excluding hydrogens is 236 g/mol. The molecule has 2 aromatic rings. The molecule has 0 fully saturated rings. The second kappa shape index (κ2) is 4.66. The summed E-state index contributed by atoms with van der Waals surface area (Å²) in [6.45, 7) is 0. The van der Waals surface area contributed by atoms with Crippen molar-refractivity contribution in [2.75, 3.05) is 5.32 Å². The van der Waals surface area contributed by atoms with Crippen LogP contribution in [0, 0.1) is 10.1 Å². The van der Waals surface area contributed by atoms with Crippen molar-refractivity contribution in [1.29, 1.82) is 0 Å². The van der Waals surface area contributed by atoms with Crippen molar-refractivity contribution in [3.63, 3.8) is 0 Å². The van der Waals surface area contributed by atoms with Crippen LogP contribution in [0.4, 0.5) is 11.5 Å². The lowest BCUT2D eigenvalue weighted by atomic mass is 10.1. The van der Waals surface area contributed by atoms with E-state index in [1.165, 1.54) is 24.5 Å². The number of benzene rings is 1. The first-order chi connectivity index (χ1) is 8.58. The minimum atomic E-state index is -0.590. The number of nitro groups is 1. The Balaban J connectivity index is 2.26. The fraction of sp³-hybridized carbons (Fsp3) is 0.0909. The maximum Gasteiger partial charge on any atom is 0.282 e. The maximum atomic E-state index is 11.9. The van der Waals surface area contributed by atoms with Crippen molar-refractivity contribution in [3.05, 3.63) is 52.5 Å². The van der Waals surface area contributed by atoms with Crippen molar-refractivity contribution < 1.29 is 9.72 Å². The Hall–Kier alpha value is -2.70. The lowest BCUT2D eigenvalue weighted by molar-refractivity contribution is -0.385. The van der Waals surface area contributed by atoms with Crippen LogP contribution in [0.3, 0.4) is 0 Å². The van der Waals surface area contributed by atoms with Crippen molar-refractivity contribution in [3.8, 4) is 0 Å². The van der Waals surface area contributed by atoms with Gasteiger partial charge >= 0.3 is 0 Å². The van der Waals surface area contributed by atoms with Gasteiger partial charge in [0.2, 0.25) is 0 Å². The van der Waals surface area contributed by atoms with Crippen molar-refractivity contribution in [1.82, 2.24) is 9.55 Å². The Morgan fingerprint density at radius 2 is 2.17 bits per heavy atom. The Morgan fingerprint density at radius 3 is 2.78 bits per heavy atom. The van der Waals surface area contributed by atoms with Crippen LogP contribution in [-0.2, 0) is 7.05 Å². The Labute approximate surface area is 102 Å². The molecule has 0 radical (unpaired) electrons. The van der Waals surface area contributed by atoms with Gasteiger partial charge in [-0.25, -0.2) is 4.98 Å². The molecule has 0 atom stereocenters. The Bertz CT molecular complexity index is 606. The highest BCUT2D eigenvalue weighted by Crippen LogP contribution is 2.18. The van der Waals surface area contributed by atoms with Crippen LogP contribution in [0.25, 0.3) is 0 Å². The Morgan fingerprint density at radius 1 is 1.44 bits per heavy atom. The van der Waals surface area contributed by atoms with Gasteiger partial charge in [0, 0.05) is 19.3 Å². The van der Waals surface area contributed by atoms with Gasteiger partial charge in [0.1, 0.15) is 5.56 Å². The van der Waals surface area contributed by atoms with Crippen LogP contribution >= 0.6 is 0 Å². The molecule has 7 heteroatoms.